The molecule has 7 heteroatoms. The molecule has 25 heavy (non-hydrogen) atoms. The van der Waals surface area contributed by atoms with Crippen molar-refractivity contribution < 1.29 is 17.9 Å². The van der Waals surface area contributed by atoms with E-state index < -0.39 is 10.0 Å². The van der Waals surface area contributed by atoms with Crippen LogP contribution >= 0.6 is 0 Å². The van der Waals surface area contributed by atoms with Gasteiger partial charge in [-0.05, 0) is 44.5 Å². The summed E-state index contributed by atoms with van der Waals surface area (Å²) in [6.45, 7) is 7.46. The van der Waals surface area contributed by atoms with Gasteiger partial charge in [0, 0.05) is 31.7 Å². The molecule has 0 N–H and O–H groups in total. The topological polar surface area (TPSA) is 66.9 Å². The van der Waals surface area contributed by atoms with Crippen LogP contribution in [-0.2, 0) is 10.0 Å². The molecule has 1 aliphatic rings. The van der Waals surface area contributed by atoms with Gasteiger partial charge in [-0.15, -0.1) is 0 Å². The lowest BCUT2D eigenvalue weighted by molar-refractivity contribution is 0.0698. The number of hydrogen-bond donors (Lipinski definition) is 0. The summed E-state index contributed by atoms with van der Waals surface area (Å²) in [4.78, 5) is 14.3. The number of piperazine rings is 1. The van der Waals surface area contributed by atoms with E-state index in [-0.39, 0.29) is 17.8 Å². The standard InChI is InChI=1S/C18H28N2O4S/c1-4-5-14-25(22,23)20-12-10-19(11-13-20)18(21)16-6-8-17(9-7-16)24-15(2)3/h6-9,15H,4-5,10-14H2,1-3H3. The average Bonchev–Trinajstić information content (AvgIpc) is 2.60. The van der Waals surface area contributed by atoms with Gasteiger partial charge in [0.2, 0.25) is 10.0 Å². The van der Waals surface area contributed by atoms with Crippen LogP contribution in [0.15, 0.2) is 24.3 Å². The SMILES string of the molecule is CCCCS(=O)(=O)N1CCN(C(=O)c2ccc(OC(C)C)cc2)CC1. The molecule has 1 saturated heterocycles. The number of nitrogens with zero attached hydrogens (tertiary/aromatic N) is 2. The van der Waals surface area contributed by atoms with E-state index in [4.69, 9.17) is 4.74 Å². The molecule has 0 aliphatic carbocycles. The molecule has 0 bridgehead atoms. The van der Waals surface area contributed by atoms with E-state index >= 15 is 0 Å². The maximum atomic E-state index is 12.6. The highest BCUT2D eigenvalue weighted by atomic mass is 32.2. The molecule has 1 amide bonds. The second-order valence-electron chi connectivity index (χ2n) is 6.55. The number of hydrogen-bond acceptors (Lipinski definition) is 4. The van der Waals surface area contributed by atoms with Gasteiger partial charge in [-0.3, -0.25) is 4.79 Å². The number of carbonyl (C=O) groups is 1. The molecule has 1 aromatic carbocycles. The smallest absolute Gasteiger partial charge is 0.253 e. The molecular formula is C18H28N2O4S. The van der Waals surface area contributed by atoms with Crippen molar-refractivity contribution in [1.82, 2.24) is 9.21 Å². The zero-order chi connectivity index (χ0) is 18.4. The number of benzene rings is 1. The van der Waals surface area contributed by atoms with Gasteiger partial charge >= 0.3 is 0 Å². The van der Waals surface area contributed by atoms with Crippen LogP contribution in [-0.4, -0.2) is 61.6 Å². The number of amides is 1. The third-order valence-corrected chi connectivity index (χ3v) is 6.10. The van der Waals surface area contributed by atoms with Gasteiger partial charge in [-0.1, -0.05) is 13.3 Å². The first-order valence-electron chi connectivity index (χ1n) is 8.87. The Kier molecular flexibility index (Phi) is 6.84. The van der Waals surface area contributed by atoms with Crippen molar-refractivity contribution in [2.24, 2.45) is 0 Å². The van der Waals surface area contributed by atoms with Crippen LogP contribution in [0.3, 0.4) is 0 Å². The van der Waals surface area contributed by atoms with Crippen molar-refractivity contribution in [3.8, 4) is 5.75 Å². The van der Waals surface area contributed by atoms with Crippen molar-refractivity contribution in [1.29, 1.82) is 0 Å². The summed E-state index contributed by atoms with van der Waals surface area (Å²) in [6, 6.07) is 7.09. The highest BCUT2D eigenvalue weighted by Crippen LogP contribution is 2.17. The zero-order valence-corrected chi connectivity index (χ0v) is 16.1. The molecule has 2 rings (SSSR count). The first-order chi connectivity index (χ1) is 11.8. The molecule has 1 fully saturated rings. The molecular weight excluding hydrogens is 340 g/mol. The lowest BCUT2D eigenvalue weighted by atomic mass is 10.2. The van der Waals surface area contributed by atoms with Gasteiger partial charge in [0.05, 0.1) is 11.9 Å². The Morgan fingerprint density at radius 1 is 1.12 bits per heavy atom. The molecule has 0 saturated carbocycles. The fraction of sp³-hybridized carbons (Fsp3) is 0.611. The first-order valence-corrected chi connectivity index (χ1v) is 10.5. The lowest BCUT2D eigenvalue weighted by Gasteiger charge is -2.34. The van der Waals surface area contributed by atoms with E-state index in [2.05, 4.69) is 0 Å². The van der Waals surface area contributed by atoms with Gasteiger partial charge in [0.15, 0.2) is 0 Å². The number of ether oxygens (including phenoxy) is 1. The Bertz CT molecular complexity index is 663. The average molecular weight is 368 g/mol. The van der Waals surface area contributed by atoms with E-state index in [1.54, 1.807) is 29.2 Å². The van der Waals surface area contributed by atoms with Gasteiger partial charge in [-0.2, -0.15) is 4.31 Å². The minimum absolute atomic E-state index is 0.0679. The quantitative estimate of drug-likeness (QED) is 0.741. The predicted molar refractivity (Wildman–Crippen MR) is 98.4 cm³/mol. The van der Waals surface area contributed by atoms with Crippen LogP contribution < -0.4 is 4.74 Å². The Labute approximate surface area is 150 Å². The molecule has 1 heterocycles. The van der Waals surface area contributed by atoms with E-state index in [1.807, 2.05) is 20.8 Å². The van der Waals surface area contributed by atoms with Gasteiger partial charge in [0.1, 0.15) is 5.75 Å². The van der Waals surface area contributed by atoms with Crippen molar-refractivity contribution in [2.75, 3.05) is 31.9 Å². The van der Waals surface area contributed by atoms with Gasteiger partial charge in [-0.25, -0.2) is 8.42 Å². The summed E-state index contributed by atoms with van der Waals surface area (Å²) in [7, 11) is -3.20. The lowest BCUT2D eigenvalue weighted by Crippen LogP contribution is -2.51. The molecule has 140 valence electrons. The maximum Gasteiger partial charge on any atom is 0.253 e. The van der Waals surface area contributed by atoms with Crippen LogP contribution in [0.5, 0.6) is 5.75 Å². The molecule has 0 radical (unpaired) electrons. The van der Waals surface area contributed by atoms with E-state index in [0.717, 1.165) is 12.2 Å². The minimum Gasteiger partial charge on any atom is -0.491 e. The number of unbranched alkanes of at least 4 members (excludes halogenated alkanes) is 1. The molecule has 0 unspecified atom stereocenters. The summed E-state index contributed by atoms with van der Waals surface area (Å²) in [5.41, 5.74) is 0.596. The van der Waals surface area contributed by atoms with Crippen LogP contribution in [0, 0.1) is 0 Å². The Morgan fingerprint density at radius 2 is 1.72 bits per heavy atom. The zero-order valence-electron chi connectivity index (χ0n) is 15.3. The molecule has 1 aromatic rings. The second kappa shape index (κ2) is 8.67. The largest absolute Gasteiger partial charge is 0.491 e. The minimum atomic E-state index is -3.20. The van der Waals surface area contributed by atoms with Crippen molar-refractivity contribution in [3.05, 3.63) is 29.8 Å². The van der Waals surface area contributed by atoms with Crippen LogP contribution in [0.4, 0.5) is 0 Å². The summed E-state index contributed by atoms with van der Waals surface area (Å²) in [5.74, 6) is 0.856. The van der Waals surface area contributed by atoms with E-state index in [9.17, 15) is 13.2 Å². The summed E-state index contributed by atoms with van der Waals surface area (Å²) in [5, 5.41) is 0. The Morgan fingerprint density at radius 3 is 2.24 bits per heavy atom. The monoisotopic (exact) mass is 368 g/mol. The van der Waals surface area contributed by atoms with Crippen molar-refractivity contribution in [2.45, 2.75) is 39.7 Å². The van der Waals surface area contributed by atoms with Crippen LogP contribution in [0.25, 0.3) is 0 Å². The number of rotatable bonds is 7. The predicted octanol–water partition coefficient (Wildman–Crippen LogP) is 2.36. The van der Waals surface area contributed by atoms with Crippen LogP contribution in [0.1, 0.15) is 44.0 Å². The number of carbonyl (C=O) groups excluding carboxylic acids is 1. The fourth-order valence-electron chi connectivity index (χ4n) is 2.76. The van der Waals surface area contributed by atoms with E-state index in [1.165, 1.54) is 4.31 Å². The van der Waals surface area contributed by atoms with Crippen molar-refractivity contribution in [3.63, 3.8) is 0 Å². The van der Waals surface area contributed by atoms with Crippen molar-refractivity contribution >= 4 is 15.9 Å². The van der Waals surface area contributed by atoms with Gasteiger partial charge in [0.25, 0.3) is 5.91 Å². The van der Waals surface area contributed by atoms with E-state index in [0.29, 0.717) is 38.2 Å². The molecule has 1 aliphatic heterocycles. The molecule has 6 nitrogen and oxygen atoms in total. The normalized spacial score (nSPS) is 16.2. The molecule has 0 aromatic heterocycles. The first kappa shape index (κ1) is 19.7. The van der Waals surface area contributed by atoms with Crippen LogP contribution in [0.2, 0.25) is 0 Å². The summed E-state index contributed by atoms with van der Waals surface area (Å²) < 4.78 is 31.5. The Balaban J connectivity index is 1.93. The fourth-order valence-corrected chi connectivity index (χ4v) is 4.39. The highest BCUT2D eigenvalue weighted by molar-refractivity contribution is 7.89. The van der Waals surface area contributed by atoms with Gasteiger partial charge < -0.3 is 9.64 Å². The molecule has 0 atom stereocenters. The number of sulfonamides is 1. The summed E-state index contributed by atoms with van der Waals surface area (Å²) in [6.07, 6.45) is 1.62. The third-order valence-electron chi connectivity index (χ3n) is 4.15. The Hall–Kier alpha value is -1.60. The highest BCUT2D eigenvalue weighted by Gasteiger charge is 2.28. The summed E-state index contributed by atoms with van der Waals surface area (Å²) >= 11 is 0. The third kappa shape index (κ3) is 5.44. The molecule has 0 spiro atoms. The maximum absolute atomic E-state index is 12.6. The second-order valence-corrected chi connectivity index (χ2v) is 8.64.